The summed E-state index contributed by atoms with van der Waals surface area (Å²) in [6.45, 7) is 5.57. The van der Waals surface area contributed by atoms with Gasteiger partial charge in [-0.05, 0) is 37.5 Å². The van der Waals surface area contributed by atoms with Gasteiger partial charge in [0, 0.05) is 12.1 Å². The molecule has 0 bridgehead atoms. The molecule has 1 aromatic carbocycles. The fraction of sp³-hybridized carbons (Fsp3) is 0.450. The van der Waals surface area contributed by atoms with Gasteiger partial charge in [-0.25, -0.2) is 0 Å². The number of nitrogens with zero attached hydrogens (tertiary/aromatic N) is 3. The van der Waals surface area contributed by atoms with Gasteiger partial charge in [0.1, 0.15) is 17.4 Å². The number of rotatable bonds is 6. The molecule has 1 unspecified atom stereocenters. The van der Waals surface area contributed by atoms with Crippen LogP contribution in [0.15, 0.2) is 18.2 Å². The van der Waals surface area contributed by atoms with Crippen molar-refractivity contribution in [2.24, 2.45) is 5.92 Å². The summed E-state index contributed by atoms with van der Waals surface area (Å²) in [4.78, 5) is 16.2. The third-order valence-corrected chi connectivity index (χ3v) is 4.39. The van der Waals surface area contributed by atoms with Gasteiger partial charge >= 0.3 is 12.3 Å². The molecule has 1 aromatic heterocycles. The molecular formula is C20H22F3N3O3. The highest BCUT2D eigenvalue weighted by Gasteiger charge is 2.35. The minimum absolute atomic E-state index is 0.126. The first kappa shape index (κ1) is 23.9. The van der Waals surface area contributed by atoms with Crippen molar-refractivity contribution >= 4 is 6.15 Å². The molecule has 0 aliphatic rings. The molecule has 2 aromatic rings. The monoisotopic (exact) mass is 409 g/mol. The number of halogens is 3. The summed E-state index contributed by atoms with van der Waals surface area (Å²) in [6, 6.07) is 7.17. The van der Waals surface area contributed by atoms with E-state index in [0.717, 1.165) is 6.92 Å². The summed E-state index contributed by atoms with van der Waals surface area (Å²) in [7, 11) is 1.47. The number of methoxy groups -OCH3 is 1. The third-order valence-electron chi connectivity index (χ3n) is 4.39. The number of hydrogen-bond donors (Lipinski definition) is 0. The maximum atomic E-state index is 12.8. The number of ether oxygens (including phenoxy) is 1. The Labute approximate surface area is 166 Å². The quantitative estimate of drug-likeness (QED) is 0.715. The van der Waals surface area contributed by atoms with Crippen LogP contribution in [0.4, 0.5) is 13.2 Å². The van der Waals surface area contributed by atoms with Gasteiger partial charge in [-0.3, -0.25) is 4.68 Å². The molecule has 0 saturated carbocycles. The Morgan fingerprint density at radius 1 is 1.28 bits per heavy atom. The lowest BCUT2D eigenvalue weighted by Gasteiger charge is -2.17. The second-order valence-corrected chi connectivity index (χ2v) is 6.22. The lowest BCUT2D eigenvalue weighted by Crippen LogP contribution is -2.21. The first-order chi connectivity index (χ1) is 13.7. The molecule has 0 radical (unpaired) electrons. The summed E-state index contributed by atoms with van der Waals surface area (Å²) >= 11 is 0. The van der Waals surface area contributed by atoms with Gasteiger partial charge in [-0.2, -0.15) is 33.1 Å². The topological polar surface area (TPSA) is 85.0 Å². The molecule has 0 fully saturated rings. The lowest BCUT2D eigenvalue weighted by atomic mass is 9.97. The highest BCUT2D eigenvalue weighted by Crippen LogP contribution is 2.36. The molecule has 0 saturated heterocycles. The molecule has 0 spiro atoms. The first-order valence-electron chi connectivity index (χ1n) is 8.91. The minimum atomic E-state index is -4.24. The van der Waals surface area contributed by atoms with Gasteiger partial charge < -0.3 is 4.74 Å². The number of nitriles is 1. The van der Waals surface area contributed by atoms with Crippen LogP contribution >= 0.6 is 0 Å². The van der Waals surface area contributed by atoms with Crippen molar-refractivity contribution in [1.29, 1.82) is 5.26 Å². The van der Waals surface area contributed by atoms with E-state index in [9.17, 15) is 18.4 Å². The second kappa shape index (κ2) is 10.4. The second-order valence-electron chi connectivity index (χ2n) is 6.22. The zero-order chi connectivity index (χ0) is 22.2. The predicted octanol–water partition coefficient (Wildman–Crippen LogP) is 4.17. The standard InChI is InChI=1S/C19H22F3N3O.CO2/c1-5-16-15(11-23)18(25(6-2)24-16)14-8-7-13(10-17(14)26-4)9-12(3)19(20,21)22;2-1-3/h7-8,10,12H,5-6,9H2,1-4H3;. The highest BCUT2D eigenvalue weighted by molar-refractivity contribution is 5.74. The molecule has 1 atom stereocenters. The maximum absolute atomic E-state index is 12.8. The van der Waals surface area contributed by atoms with Gasteiger partial charge in [0.15, 0.2) is 0 Å². The van der Waals surface area contributed by atoms with Gasteiger partial charge in [0.05, 0.1) is 24.4 Å². The summed E-state index contributed by atoms with van der Waals surface area (Å²) in [6.07, 6.45) is -3.50. The molecule has 29 heavy (non-hydrogen) atoms. The van der Waals surface area contributed by atoms with E-state index in [1.807, 2.05) is 13.8 Å². The Kier molecular flexibility index (Phi) is 8.61. The summed E-state index contributed by atoms with van der Waals surface area (Å²) in [5, 5.41) is 14.0. The van der Waals surface area contributed by atoms with Gasteiger partial charge in [-0.15, -0.1) is 0 Å². The number of benzene rings is 1. The van der Waals surface area contributed by atoms with E-state index in [0.29, 0.717) is 46.8 Å². The van der Waals surface area contributed by atoms with Gasteiger partial charge in [0.25, 0.3) is 0 Å². The molecule has 1 heterocycles. The Morgan fingerprint density at radius 3 is 2.34 bits per heavy atom. The van der Waals surface area contributed by atoms with Crippen LogP contribution < -0.4 is 4.74 Å². The molecule has 2 rings (SSSR count). The number of hydrogen-bond acceptors (Lipinski definition) is 5. The average molecular weight is 409 g/mol. The normalized spacial score (nSPS) is 11.7. The molecule has 0 amide bonds. The van der Waals surface area contributed by atoms with Crippen LogP contribution in [0.1, 0.15) is 37.6 Å². The maximum Gasteiger partial charge on any atom is 0.391 e. The predicted molar refractivity (Wildman–Crippen MR) is 97.9 cm³/mol. The van der Waals surface area contributed by atoms with Gasteiger partial charge in [-0.1, -0.05) is 19.9 Å². The van der Waals surface area contributed by atoms with Crippen molar-refractivity contribution in [3.63, 3.8) is 0 Å². The zero-order valence-corrected chi connectivity index (χ0v) is 16.6. The van der Waals surface area contributed by atoms with Crippen LogP contribution in [0.2, 0.25) is 0 Å². The first-order valence-corrected chi connectivity index (χ1v) is 8.91. The van der Waals surface area contributed by atoms with Gasteiger partial charge in [0.2, 0.25) is 0 Å². The van der Waals surface area contributed by atoms with E-state index in [1.165, 1.54) is 7.11 Å². The van der Waals surface area contributed by atoms with E-state index in [1.54, 1.807) is 22.9 Å². The van der Waals surface area contributed by atoms with E-state index < -0.39 is 12.1 Å². The molecule has 156 valence electrons. The van der Waals surface area contributed by atoms with Crippen molar-refractivity contribution in [3.8, 4) is 23.1 Å². The molecule has 9 heteroatoms. The molecule has 6 nitrogen and oxygen atoms in total. The molecule has 0 aliphatic carbocycles. The average Bonchev–Trinajstić information content (AvgIpc) is 3.05. The van der Waals surface area contributed by atoms with E-state index in [4.69, 9.17) is 14.3 Å². The van der Waals surface area contributed by atoms with Crippen LogP contribution in [0, 0.1) is 17.2 Å². The Bertz CT molecular complexity index is 908. The Balaban J connectivity index is 0.00000132. The Hall–Kier alpha value is -3.11. The largest absolute Gasteiger partial charge is 0.496 e. The van der Waals surface area contributed by atoms with E-state index in [-0.39, 0.29) is 12.6 Å². The molecule has 0 N–H and O–H groups in total. The highest BCUT2D eigenvalue weighted by atomic mass is 19.4. The molecule has 0 aliphatic heterocycles. The van der Waals surface area contributed by atoms with Crippen molar-refractivity contribution in [1.82, 2.24) is 9.78 Å². The van der Waals surface area contributed by atoms with Crippen molar-refractivity contribution in [2.45, 2.75) is 46.3 Å². The summed E-state index contributed by atoms with van der Waals surface area (Å²) < 4.78 is 45.6. The smallest absolute Gasteiger partial charge is 0.391 e. The summed E-state index contributed by atoms with van der Waals surface area (Å²) in [5.41, 5.74) is 3.00. The van der Waals surface area contributed by atoms with Crippen LogP contribution in [-0.2, 0) is 29.0 Å². The lowest BCUT2D eigenvalue weighted by molar-refractivity contribution is -0.191. The number of alkyl halides is 3. The van der Waals surface area contributed by atoms with E-state index in [2.05, 4.69) is 11.2 Å². The number of aromatic nitrogens is 2. The molecular weight excluding hydrogens is 387 g/mol. The van der Waals surface area contributed by atoms with Crippen LogP contribution in [0.5, 0.6) is 5.75 Å². The van der Waals surface area contributed by atoms with Crippen LogP contribution in [-0.4, -0.2) is 29.2 Å². The fourth-order valence-corrected chi connectivity index (χ4v) is 2.91. The zero-order valence-electron chi connectivity index (χ0n) is 16.6. The fourth-order valence-electron chi connectivity index (χ4n) is 2.91. The van der Waals surface area contributed by atoms with Crippen molar-refractivity contribution < 1.29 is 27.5 Å². The summed E-state index contributed by atoms with van der Waals surface area (Å²) in [5.74, 6) is -1.01. The number of aryl methyl sites for hydroxylation is 2. The SMILES string of the molecule is CCc1nn(CC)c(-c2ccc(CC(C)C(F)(F)F)cc2OC)c1C#N.O=C=O. The van der Waals surface area contributed by atoms with Crippen LogP contribution in [0.25, 0.3) is 11.3 Å². The minimum Gasteiger partial charge on any atom is -0.496 e. The van der Waals surface area contributed by atoms with Crippen molar-refractivity contribution in [2.75, 3.05) is 7.11 Å². The Morgan fingerprint density at radius 2 is 1.90 bits per heavy atom. The third kappa shape index (κ3) is 5.69. The van der Waals surface area contributed by atoms with Crippen LogP contribution in [0.3, 0.4) is 0 Å². The number of carbonyl (C=O) groups excluding carboxylic acids is 2. The van der Waals surface area contributed by atoms with E-state index >= 15 is 0 Å². The van der Waals surface area contributed by atoms with Crippen molar-refractivity contribution in [3.05, 3.63) is 35.0 Å².